The van der Waals surface area contributed by atoms with E-state index in [1.165, 1.54) is 6.07 Å². The van der Waals surface area contributed by atoms with Crippen LogP contribution >= 0.6 is 0 Å². The van der Waals surface area contributed by atoms with E-state index in [1.807, 2.05) is 0 Å². The first-order valence-corrected chi connectivity index (χ1v) is 9.70. The van der Waals surface area contributed by atoms with Crippen molar-refractivity contribution in [2.75, 3.05) is 18.5 Å². The van der Waals surface area contributed by atoms with Crippen molar-refractivity contribution in [3.8, 4) is 0 Å². The van der Waals surface area contributed by atoms with Gasteiger partial charge in [0.25, 0.3) is 11.6 Å². The lowest BCUT2D eigenvalue weighted by Crippen LogP contribution is -2.42. The average Bonchev–Trinajstić information content (AvgIpc) is 3.43. The first kappa shape index (κ1) is 19.6. The van der Waals surface area contributed by atoms with Crippen molar-refractivity contribution >= 4 is 17.3 Å². The van der Waals surface area contributed by atoms with Crippen molar-refractivity contribution in [3.63, 3.8) is 0 Å². The van der Waals surface area contributed by atoms with Crippen LogP contribution < -0.4 is 10.6 Å². The zero-order valence-electron chi connectivity index (χ0n) is 16.3. The first-order valence-electron chi connectivity index (χ1n) is 9.70. The Balaban J connectivity index is 1.71. The topological polar surface area (TPSA) is 93.5 Å². The summed E-state index contributed by atoms with van der Waals surface area (Å²) in [7, 11) is 0. The summed E-state index contributed by atoms with van der Waals surface area (Å²) < 4.78 is 5.99. The number of nitrogens with zero attached hydrogens (tertiary/aromatic N) is 1. The van der Waals surface area contributed by atoms with Crippen LogP contribution in [-0.2, 0) is 4.74 Å². The summed E-state index contributed by atoms with van der Waals surface area (Å²) in [6.45, 7) is 7.85. The molecule has 0 bridgehead atoms. The van der Waals surface area contributed by atoms with Gasteiger partial charge in [-0.25, -0.2) is 0 Å². The van der Waals surface area contributed by atoms with Crippen molar-refractivity contribution in [1.82, 2.24) is 5.32 Å². The molecule has 2 atom stereocenters. The summed E-state index contributed by atoms with van der Waals surface area (Å²) >= 11 is 0. The summed E-state index contributed by atoms with van der Waals surface area (Å²) in [6.07, 6.45) is 4.10. The predicted molar refractivity (Wildman–Crippen MR) is 104 cm³/mol. The Bertz CT molecular complexity index is 710. The third-order valence-electron chi connectivity index (χ3n) is 5.22. The maximum Gasteiger partial charge on any atom is 0.293 e. The third kappa shape index (κ3) is 4.97. The minimum absolute atomic E-state index is 0.0173. The molecule has 0 aromatic heterocycles. The van der Waals surface area contributed by atoms with E-state index in [1.54, 1.807) is 12.1 Å². The average molecular weight is 375 g/mol. The molecule has 1 saturated heterocycles. The van der Waals surface area contributed by atoms with Gasteiger partial charge in [0.1, 0.15) is 5.69 Å². The fraction of sp³-hybridized carbons (Fsp3) is 0.650. The smallest absolute Gasteiger partial charge is 0.293 e. The Hall–Kier alpha value is -2.15. The molecule has 1 aliphatic carbocycles. The predicted octanol–water partition coefficient (Wildman–Crippen LogP) is 3.74. The van der Waals surface area contributed by atoms with Crippen LogP contribution in [0.25, 0.3) is 0 Å². The summed E-state index contributed by atoms with van der Waals surface area (Å²) in [5, 5.41) is 17.6. The Kier molecular flexibility index (Phi) is 5.69. The number of nitrogens with one attached hydrogen (secondary N) is 2. The number of rotatable bonds is 6. The Labute approximate surface area is 160 Å². The molecule has 2 fully saturated rings. The van der Waals surface area contributed by atoms with Gasteiger partial charge in [-0.05, 0) is 43.2 Å². The zero-order chi connectivity index (χ0) is 19.6. The van der Waals surface area contributed by atoms with Gasteiger partial charge in [0.2, 0.25) is 0 Å². The molecule has 7 nitrogen and oxygen atoms in total. The number of amides is 1. The molecule has 1 saturated carbocycles. The van der Waals surface area contributed by atoms with E-state index in [2.05, 4.69) is 31.4 Å². The number of benzene rings is 1. The number of anilines is 1. The number of hydrogen-bond acceptors (Lipinski definition) is 5. The fourth-order valence-electron chi connectivity index (χ4n) is 3.72. The number of carbonyl (C=O) groups excluding carboxylic acids is 1. The van der Waals surface area contributed by atoms with Gasteiger partial charge < -0.3 is 15.4 Å². The molecule has 2 unspecified atom stereocenters. The van der Waals surface area contributed by atoms with Crippen LogP contribution in [0.15, 0.2) is 18.2 Å². The molecular weight excluding hydrogens is 346 g/mol. The minimum atomic E-state index is -0.436. The molecule has 2 aliphatic rings. The lowest BCUT2D eigenvalue weighted by Gasteiger charge is -2.40. The summed E-state index contributed by atoms with van der Waals surface area (Å²) in [5.41, 5.74) is 0.722. The third-order valence-corrected chi connectivity index (χ3v) is 5.22. The van der Waals surface area contributed by atoms with E-state index in [4.69, 9.17) is 4.74 Å². The highest BCUT2D eigenvalue weighted by Gasteiger charge is 2.35. The van der Waals surface area contributed by atoms with Gasteiger partial charge in [0, 0.05) is 36.7 Å². The van der Waals surface area contributed by atoms with Crippen LogP contribution in [-0.4, -0.2) is 36.1 Å². The Morgan fingerprint density at radius 1 is 1.30 bits per heavy atom. The molecule has 1 aliphatic heterocycles. The fourth-order valence-corrected chi connectivity index (χ4v) is 3.72. The van der Waals surface area contributed by atoms with Gasteiger partial charge in [-0.15, -0.1) is 0 Å². The van der Waals surface area contributed by atoms with Crippen LogP contribution in [0.1, 0.15) is 56.8 Å². The van der Waals surface area contributed by atoms with Gasteiger partial charge in [-0.3, -0.25) is 14.9 Å². The zero-order valence-corrected chi connectivity index (χ0v) is 16.3. The molecule has 7 heteroatoms. The number of carbonyl (C=O) groups is 1. The monoisotopic (exact) mass is 375 g/mol. The van der Waals surface area contributed by atoms with Crippen LogP contribution in [0, 0.1) is 21.4 Å². The summed E-state index contributed by atoms with van der Waals surface area (Å²) in [6, 6.07) is 4.86. The van der Waals surface area contributed by atoms with Gasteiger partial charge in [-0.2, -0.15) is 0 Å². The quantitative estimate of drug-likeness (QED) is 0.583. The Morgan fingerprint density at radius 2 is 2.04 bits per heavy atom. The van der Waals surface area contributed by atoms with Gasteiger partial charge in [-0.1, -0.05) is 20.8 Å². The highest BCUT2D eigenvalue weighted by Crippen LogP contribution is 2.35. The van der Waals surface area contributed by atoms with Crippen molar-refractivity contribution < 1.29 is 14.5 Å². The SMILES string of the molecule is CC(C)(C)C1OCCCC1CNc1ccc(C(=O)NC2CC2)cc1[N+](=O)[O-]. The van der Waals surface area contributed by atoms with E-state index >= 15 is 0 Å². The molecule has 27 heavy (non-hydrogen) atoms. The van der Waals surface area contributed by atoms with Crippen LogP contribution in [0.2, 0.25) is 0 Å². The molecule has 1 amide bonds. The van der Waals surface area contributed by atoms with Crippen LogP contribution in [0.4, 0.5) is 11.4 Å². The second-order valence-corrected chi connectivity index (χ2v) is 8.68. The molecule has 1 aromatic carbocycles. The van der Waals surface area contributed by atoms with Gasteiger partial charge in [0.05, 0.1) is 11.0 Å². The van der Waals surface area contributed by atoms with E-state index in [9.17, 15) is 14.9 Å². The summed E-state index contributed by atoms with van der Waals surface area (Å²) in [5.74, 6) is 0.0387. The molecule has 0 spiro atoms. The van der Waals surface area contributed by atoms with Gasteiger partial charge in [0.15, 0.2) is 0 Å². The molecule has 1 aromatic rings. The second-order valence-electron chi connectivity index (χ2n) is 8.68. The number of ether oxygens (including phenoxy) is 1. The highest BCUT2D eigenvalue weighted by atomic mass is 16.6. The first-order chi connectivity index (χ1) is 12.8. The maximum absolute atomic E-state index is 12.2. The number of nitro benzene ring substituents is 1. The van der Waals surface area contributed by atoms with Crippen molar-refractivity contribution in [3.05, 3.63) is 33.9 Å². The molecular formula is C20H29N3O4. The molecule has 2 N–H and O–H groups in total. The Morgan fingerprint density at radius 3 is 2.67 bits per heavy atom. The molecule has 0 radical (unpaired) electrons. The van der Waals surface area contributed by atoms with Crippen molar-refractivity contribution in [2.24, 2.45) is 11.3 Å². The molecule has 148 valence electrons. The largest absolute Gasteiger partial charge is 0.379 e. The minimum Gasteiger partial charge on any atom is -0.379 e. The lowest BCUT2D eigenvalue weighted by molar-refractivity contribution is -0.384. The van der Waals surface area contributed by atoms with Crippen LogP contribution in [0.5, 0.6) is 0 Å². The van der Waals surface area contributed by atoms with Crippen LogP contribution in [0.3, 0.4) is 0 Å². The van der Waals surface area contributed by atoms with Crippen molar-refractivity contribution in [2.45, 2.75) is 58.6 Å². The summed E-state index contributed by atoms with van der Waals surface area (Å²) in [4.78, 5) is 23.2. The standard InChI is InChI=1S/C20H29N3O4/c1-20(2,3)18-14(5-4-10-27-18)12-21-16-9-6-13(11-17(16)23(25)26)19(24)22-15-7-8-15/h6,9,11,14-15,18,21H,4-5,7-8,10,12H2,1-3H3,(H,22,24). The van der Waals surface area contributed by atoms with Gasteiger partial charge >= 0.3 is 0 Å². The van der Waals surface area contributed by atoms with Crippen molar-refractivity contribution in [1.29, 1.82) is 0 Å². The number of nitro groups is 1. The lowest BCUT2D eigenvalue weighted by atomic mass is 9.78. The highest BCUT2D eigenvalue weighted by molar-refractivity contribution is 5.96. The maximum atomic E-state index is 12.2. The van der Waals surface area contributed by atoms with E-state index in [0.29, 0.717) is 17.8 Å². The van der Waals surface area contributed by atoms with E-state index in [0.717, 1.165) is 32.3 Å². The van der Waals surface area contributed by atoms with E-state index < -0.39 is 4.92 Å². The normalized spacial score (nSPS) is 22.9. The molecule has 1 heterocycles. The number of hydrogen-bond donors (Lipinski definition) is 2. The second kappa shape index (κ2) is 7.84. The molecule has 3 rings (SSSR count). The van der Waals surface area contributed by atoms with E-state index in [-0.39, 0.29) is 35.1 Å².